The molecule has 0 amide bonds. The Bertz CT molecular complexity index is 763. The molecule has 1 unspecified atom stereocenters. The zero-order chi connectivity index (χ0) is 16.4. The molecule has 0 radical (unpaired) electrons. The van der Waals surface area contributed by atoms with Gasteiger partial charge in [-0.15, -0.1) is 0 Å². The molecule has 4 nitrogen and oxygen atoms in total. The van der Waals surface area contributed by atoms with Gasteiger partial charge in [0.1, 0.15) is 5.82 Å². The molecule has 1 aliphatic heterocycles. The minimum atomic E-state index is -3.59. The number of piperazine rings is 1. The van der Waals surface area contributed by atoms with Crippen molar-refractivity contribution in [3.8, 4) is 0 Å². The number of para-hydroxylation sites is 1. The minimum Gasteiger partial charge on any atom is -0.369 e. The maximum Gasteiger partial charge on any atom is 0.243 e. The summed E-state index contributed by atoms with van der Waals surface area (Å²) in [5.74, 6) is -0.439. The van der Waals surface area contributed by atoms with Crippen LogP contribution in [0.25, 0.3) is 0 Å². The van der Waals surface area contributed by atoms with E-state index in [2.05, 4.69) is 4.90 Å². The number of halogens is 1. The standard InChI is InChI=1S/C17H19FN2O2S/c1-14-13-19(16-5-3-2-4-6-16)11-12-20(14)23(21,22)17-9-7-15(18)8-10-17/h2-10,14H,11-13H2,1H3. The van der Waals surface area contributed by atoms with E-state index in [0.29, 0.717) is 19.6 Å². The van der Waals surface area contributed by atoms with E-state index in [1.54, 1.807) is 0 Å². The molecular formula is C17H19FN2O2S. The van der Waals surface area contributed by atoms with E-state index in [4.69, 9.17) is 0 Å². The van der Waals surface area contributed by atoms with Crippen molar-refractivity contribution < 1.29 is 12.8 Å². The van der Waals surface area contributed by atoms with E-state index in [1.807, 2.05) is 37.3 Å². The van der Waals surface area contributed by atoms with Crippen LogP contribution in [0.1, 0.15) is 6.92 Å². The van der Waals surface area contributed by atoms with E-state index in [1.165, 1.54) is 28.6 Å². The first kappa shape index (κ1) is 16.0. The lowest BCUT2D eigenvalue weighted by molar-refractivity contribution is 0.306. The largest absolute Gasteiger partial charge is 0.369 e. The van der Waals surface area contributed by atoms with Crippen LogP contribution in [0.15, 0.2) is 59.5 Å². The Hall–Kier alpha value is -1.92. The van der Waals surface area contributed by atoms with Crippen molar-refractivity contribution in [2.75, 3.05) is 24.5 Å². The van der Waals surface area contributed by atoms with Gasteiger partial charge < -0.3 is 4.90 Å². The predicted molar refractivity (Wildman–Crippen MR) is 88.4 cm³/mol. The Morgan fingerprint density at radius 1 is 1.00 bits per heavy atom. The van der Waals surface area contributed by atoms with Gasteiger partial charge in [0.25, 0.3) is 0 Å². The fourth-order valence-corrected chi connectivity index (χ4v) is 4.53. The average molecular weight is 334 g/mol. The molecule has 0 N–H and O–H groups in total. The predicted octanol–water partition coefficient (Wildman–Crippen LogP) is 2.73. The number of rotatable bonds is 3. The smallest absolute Gasteiger partial charge is 0.243 e. The Morgan fingerprint density at radius 3 is 2.26 bits per heavy atom. The zero-order valence-corrected chi connectivity index (χ0v) is 13.7. The number of hydrogen-bond acceptors (Lipinski definition) is 3. The van der Waals surface area contributed by atoms with Gasteiger partial charge in [-0.05, 0) is 43.3 Å². The molecule has 0 aliphatic carbocycles. The van der Waals surface area contributed by atoms with Gasteiger partial charge in [-0.25, -0.2) is 12.8 Å². The Morgan fingerprint density at radius 2 is 1.65 bits per heavy atom. The third-order valence-electron chi connectivity index (χ3n) is 4.11. The first-order valence-electron chi connectivity index (χ1n) is 7.56. The Labute approximate surface area is 136 Å². The van der Waals surface area contributed by atoms with Crippen molar-refractivity contribution in [2.45, 2.75) is 17.9 Å². The fraction of sp³-hybridized carbons (Fsp3) is 0.294. The molecule has 6 heteroatoms. The second kappa shape index (κ2) is 6.29. The van der Waals surface area contributed by atoms with Gasteiger partial charge in [-0.1, -0.05) is 18.2 Å². The molecule has 2 aromatic rings. The molecule has 2 aromatic carbocycles. The molecule has 1 fully saturated rings. The lowest BCUT2D eigenvalue weighted by Crippen LogP contribution is -2.54. The van der Waals surface area contributed by atoms with Crippen LogP contribution >= 0.6 is 0 Å². The molecule has 0 bridgehead atoms. The molecule has 1 aliphatic rings. The van der Waals surface area contributed by atoms with Crippen molar-refractivity contribution in [3.05, 3.63) is 60.4 Å². The summed E-state index contributed by atoms with van der Waals surface area (Å²) < 4.78 is 40.0. The van der Waals surface area contributed by atoms with Gasteiger partial charge in [0.15, 0.2) is 0 Å². The van der Waals surface area contributed by atoms with Gasteiger partial charge in [0.05, 0.1) is 4.90 Å². The van der Waals surface area contributed by atoms with Crippen molar-refractivity contribution in [1.82, 2.24) is 4.31 Å². The summed E-state index contributed by atoms with van der Waals surface area (Å²) in [6.45, 7) is 3.57. The van der Waals surface area contributed by atoms with Crippen molar-refractivity contribution in [2.24, 2.45) is 0 Å². The lowest BCUT2D eigenvalue weighted by Gasteiger charge is -2.40. The quantitative estimate of drug-likeness (QED) is 0.866. The van der Waals surface area contributed by atoms with E-state index < -0.39 is 15.8 Å². The van der Waals surface area contributed by atoms with Crippen molar-refractivity contribution in [1.29, 1.82) is 0 Å². The maximum absolute atomic E-state index is 13.0. The summed E-state index contributed by atoms with van der Waals surface area (Å²) in [4.78, 5) is 2.32. The van der Waals surface area contributed by atoms with Crippen LogP contribution in [0.3, 0.4) is 0 Å². The van der Waals surface area contributed by atoms with E-state index in [9.17, 15) is 12.8 Å². The molecule has 1 atom stereocenters. The fourth-order valence-electron chi connectivity index (χ4n) is 2.91. The second-order valence-electron chi connectivity index (χ2n) is 5.70. The summed E-state index contributed by atoms with van der Waals surface area (Å²) in [6.07, 6.45) is 0. The third kappa shape index (κ3) is 3.23. The molecule has 0 saturated carbocycles. The lowest BCUT2D eigenvalue weighted by atomic mass is 10.2. The summed E-state index contributed by atoms with van der Waals surface area (Å²) in [7, 11) is -3.59. The van der Waals surface area contributed by atoms with Crippen LogP contribution < -0.4 is 4.90 Å². The maximum atomic E-state index is 13.0. The molecule has 1 saturated heterocycles. The first-order chi connectivity index (χ1) is 11.0. The Balaban J connectivity index is 1.79. The molecule has 23 heavy (non-hydrogen) atoms. The zero-order valence-electron chi connectivity index (χ0n) is 12.9. The first-order valence-corrected chi connectivity index (χ1v) is 9.00. The van der Waals surface area contributed by atoms with Gasteiger partial charge in [0, 0.05) is 31.4 Å². The van der Waals surface area contributed by atoms with Crippen LogP contribution in [0.4, 0.5) is 10.1 Å². The van der Waals surface area contributed by atoms with E-state index in [0.717, 1.165) is 5.69 Å². The third-order valence-corrected chi connectivity index (χ3v) is 6.14. The van der Waals surface area contributed by atoms with Crippen LogP contribution in [0, 0.1) is 5.82 Å². The SMILES string of the molecule is CC1CN(c2ccccc2)CCN1S(=O)(=O)c1ccc(F)cc1. The molecule has 122 valence electrons. The number of nitrogens with zero attached hydrogens (tertiary/aromatic N) is 2. The number of benzene rings is 2. The molecule has 1 heterocycles. The highest BCUT2D eigenvalue weighted by molar-refractivity contribution is 7.89. The molecule has 0 spiro atoms. The van der Waals surface area contributed by atoms with Crippen LogP contribution in [-0.2, 0) is 10.0 Å². The highest BCUT2D eigenvalue weighted by Crippen LogP contribution is 2.24. The molecule has 3 rings (SSSR count). The summed E-state index contributed by atoms with van der Waals surface area (Å²) in [6, 6.07) is 14.8. The van der Waals surface area contributed by atoms with Crippen LogP contribution in [-0.4, -0.2) is 38.4 Å². The van der Waals surface area contributed by atoms with Crippen molar-refractivity contribution in [3.63, 3.8) is 0 Å². The second-order valence-corrected chi connectivity index (χ2v) is 7.59. The van der Waals surface area contributed by atoms with E-state index >= 15 is 0 Å². The van der Waals surface area contributed by atoms with Gasteiger partial charge >= 0.3 is 0 Å². The highest BCUT2D eigenvalue weighted by Gasteiger charge is 2.33. The van der Waals surface area contributed by atoms with Crippen molar-refractivity contribution >= 4 is 15.7 Å². The monoisotopic (exact) mass is 334 g/mol. The topological polar surface area (TPSA) is 40.6 Å². The number of anilines is 1. The number of hydrogen-bond donors (Lipinski definition) is 0. The van der Waals surface area contributed by atoms with E-state index in [-0.39, 0.29) is 10.9 Å². The summed E-state index contributed by atoms with van der Waals surface area (Å²) in [5.41, 5.74) is 1.10. The molecular weight excluding hydrogens is 315 g/mol. The minimum absolute atomic E-state index is 0.138. The van der Waals surface area contributed by atoms with Gasteiger partial charge in [-0.3, -0.25) is 0 Å². The summed E-state index contributed by atoms with van der Waals surface area (Å²) in [5, 5.41) is 0. The number of sulfonamides is 1. The summed E-state index contributed by atoms with van der Waals surface area (Å²) >= 11 is 0. The van der Waals surface area contributed by atoms with Crippen LogP contribution in [0.2, 0.25) is 0 Å². The normalized spacial score (nSPS) is 19.7. The average Bonchev–Trinajstić information content (AvgIpc) is 2.56. The molecule has 0 aromatic heterocycles. The van der Waals surface area contributed by atoms with Gasteiger partial charge in [-0.2, -0.15) is 4.31 Å². The Kier molecular flexibility index (Phi) is 4.37. The van der Waals surface area contributed by atoms with Crippen LogP contribution in [0.5, 0.6) is 0 Å². The van der Waals surface area contributed by atoms with Gasteiger partial charge in [0.2, 0.25) is 10.0 Å². The highest BCUT2D eigenvalue weighted by atomic mass is 32.2.